The van der Waals surface area contributed by atoms with Gasteiger partial charge in [0.2, 0.25) is 6.41 Å². The molecule has 0 saturated carbocycles. The minimum absolute atomic E-state index is 0.276. The minimum Gasteiger partial charge on any atom is -0.295 e. The average molecular weight is 407 g/mol. The van der Waals surface area contributed by atoms with E-state index in [4.69, 9.17) is 0 Å². The van der Waals surface area contributed by atoms with Crippen molar-refractivity contribution in [2.75, 3.05) is 0 Å². The lowest BCUT2D eigenvalue weighted by atomic mass is 9.83. The molecule has 3 N–H and O–H groups in total. The number of carbonyl (C=O) groups is 4. The van der Waals surface area contributed by atoms with Crippen molar-refractivity contribution in [1.82, 2.24) is 5.32 Å². The molecule has 0 bridgehead atoms. The summed E-state index contributed by atoms with van der Waals surface area (Å²) in [5, 5.41) is 10.4. The van der Waals surface area contributed by atoms with E-state index >= 15 is 0 Å². The summed E-state index contributed by atoms with van der Waals surface area (Å²) in [6.07, 6.45) is 0.385. The Bertz CT molecular complexity index is 1600. The van der Waals surface area contributed by atoms with Crippen LogP contribution in [0.4, 0.5) is 0 Å². The second kappa shape index (κ2) is 5.93. The lowest BCUT2D eigenvalue weighted by molar-refractivity contribution is -0.451. The zero-order chi connectivity index (χ0) is 21.4. The van der Waals surface area contributed by atoms with E-state index in [-0.39, 0.29) is 11.8 Å². The van der Waals surface area contributed by atoms with Crippen LogP contribution in [0.15, 0.2) is 48.5 Å². The maximum absolute atomic E-state index is 12.6. The van der Waals surface area contributed by atoms with Gasteiger partial charge in [-0.3, -0.25) is 14.9 Å². The number of nitrogens with two attached hydrogens (primary N) is 1. The molecule has 6 heteroatoms. The van der Waals surface area contributed by atoms with Crippen molar-refractivity contribution in [3.63, 3.8) is 0 Å². The van der Waals surface area contributed by atoms with Gasteiger partial charge < -0.3 is 0 Å². The number of amides is 4. The van der Waals surface area contributed by atoms with Crippen LogP contribution in [0.3, 0.4) is 0 Å². The fourth-order valence-electron chi connectivity index (χ4n) is 5.07. The van der Waals surface area contributed by atoms with Gasteiger partial charge in [0.25, 0.3) is 5.91 Å². The van der Waals surface area contributed by atoms with Gasteiger partial charge >= 0.3 is 11.8 Å². The van der Waals surface area contributed by atoms with E-state index in [1.54, 1.807) is 18.2 Å². The van der Waals surface area contributed by atoms with Crippen molar-refractivity contribution < 1.29 is 24.5 Å². The molecule has 4 amide bonds. The van der Waals surface area contributed by atoms with Gasteiger partial charge in [-0.25, -0.2) is 14.9 Å². The summed E-state index contributed by atoms with van der Waals surface area (Å²) in [7, 11) is 0. The summed E-state index contributed by atoms with van der Waals surface area (Å²) >= 11 is 0. The molecule has 6 nitrogen and oxygen atoms in total. The first-order chi connectivity index (χ1) is 15.0. The minimum atomic E-state index is -0.454. The smallest absolute Gasteiger partial charge is 0.295 e. The van der Waals surface area contributed by atoms with Crippen molar-refractivity contribution >= 4 is 67.2 Å². The molecule has 0 spiro atoms. The molecule has 0 unspecified atom stereocenters. The highest BCUT2D eigenvalue weighted by Crippen LogP contribution is 2.43. The Balaban J connectivity index is 1.89. The Morgan fingerprint density at radius 2 is 1.26 bits per heavy atom. The maximum Gasteiger partial charge on any atom is 0.350 e. The van der Waals surface area contributed by atoms with Crippen LogP contribution in [-0.4, -0.2) is 24.1 Å². The van der Waals surface area contributed by atoms with Crippen LogP contribution in [0.25, 0.3) is 43.1 Å². The monoisotopic (exact) mass is 407 g/mol. The second-order valence-electron chi connectivity index (χ2n) is 7.88. The summed E-state index contributed by atoms with van der Waals surface area (Å²) in [5.74, 6) is -1.01. The number of carbonyl (C=O) groups excluding carboxylic acids is 4. The van der Waals surface area contributed by atoms with Crippen molar-refractivity contribution in [2.45, 2.75) is 6.92 Å². The fraction of sp³-hybridized carbons (Fsp3) is 0.0400. The molecule has 0 aromatic heterocycles. The maximum atomic E-state index is 12.6. The summed E-state index contributed by atoms with van der Waals surface area (Å²) in [4.78, 5) is 48.5. The van der Waals surface area contributed by atoms with Gasteiger partial charge in [-0.15, -0.1) is 0 Å². The lowest BCUT2D eigenvalue weighted by Crippen LogP contribution is -2.92. The second-order valence-corrected chi connectivity index (χ2v) is 7.88. The summed E-state index contributed by atoms with van der Waals surface area (Å²) in [5.41, 5.74) is 2.41. The van der Waals surface area contributed by atoms with Crippen LogP contribution in [0, 0.1) is 6.92 Å². The quantitative estimate of drug-likeness (QED) is 0.204. The van der Waals surface area contributed by atoms with Gasteiger partial charge in [0.05, 0.1) is 11.1 Å². The predicted molar refractivity (Wildman–Crippen MR) is 117 cm³/mol. The molecule has 5 aromatic carbocycles. The Hall–Kier alpha value is -4.16. The average Bonchev–Trinajstić information content (AvgIpc) is 2.77. The SMILES string of the molecule is Cc1ccc2c3ccc4c5c(ccc(c6ccc(C(=O)NC=O)c1c26)c53)C(=O)[NH2+]C4=O. The number of aryl methyl sites for hydroxylation is 1. The first-order valence-corrected chi connectivity index (χ1v) is 9.86. The molecule has 148 valence electrons. The molecule has 0 aliphatic carbocycles. The third-order valence-corrected chi connectivity index (χ3v) is 6.34. The highest BCUT2D eigenvalue weighted by Gasteiger charge is 2.31. The van der Waals surface area contributed by atoms with Crippen LogP contribution in [0.2, 0.25) is 0 Å². The van der Waals surface area contributed by atoms with E-state index in [9.17, 15) is 19.2 Å². The highest BCUT2D eigenvalue weighted by molar-refractivity contribution is 6.37. The van der Waals surface area contributed by atoms with E-state index in [1.807, 2.05) is 37.3 Å². The van der Waals surface area contributed by atoms with Crippen LogP contribution >= 0.6 is 0 Å². The van der Waals surface area contributed by atoms with Gasteiger partial charge in [-0.2, -0.15) is 0 Å². The molecule has 1 aliphatic heterocycles. The Morgan fingerprint density at radius 1 is 0.742 bits per heavy atom. The third-order valence-electron chi connectivity index (χ3n) is 6.34. The van der Waals surface area contributed by atoms with Crippen LogP contribution in [-0.2, 0) is 4.79 Å². The number of fused-ring (bicyclic) bond motifs is 2. The molecule has 0 fully saturated rings. The number of primary amides is 2. The van der Waals surface area contributed by atoms with Crippen LogP contribution in [0.1, 0.15) is 36.6 Å². The molecule has 5 aromatic rings. The molecule has 0 radical (unpaired) electrons. The van der Waals surface area contributed by atoms with Gasteiger partial charge in [0.1, 0.15) is 0 Å². The van der Waals surface area contributed by atoms with Crippen molar-refractivity contribution in [2.24, 2.45) is 0 Å². The van der Waals surface area contributed by atoms with E-state index in [0.717, 1.165) is 48.6 Å². The largest absolute Gasteiger partial charge is 0.350 e. The number of rotatable bonds is 2. The molecule has 0 saturated heterocycles. The molecular weight excluding hydrogens is 392 g/mol. The number of hydrogen-bond donors (Lipinski definition) is 2. The number of nitrogens with one attached hydrogen (secondary N) is 1. The van der Waals surface area contributed by atoms with E-state index in [2.05, 4.69) is 5.32 Å². The zero-order valence-electron chi connectivity index (χ0n) is 16.4. The molecule has 31 heavy (non-hydrogen) atoms. The molecule has 1 aliphatic rings. The van der Waals surface area contributed by atoms with Gasteiger partial charge in [0.15, 0.2) is 0 Å². The van der Waals surface area contributed by atoms with Crippen molar-refractivity contribution in [3.8, 4) is 0 Å². The van der Waals surface area contributed by atoms with Gasteiger partial charge in [-0.05, 0) is 68.4 Å². The molecular formula is C25H15N2O4+. The fourth-order valence-corrected chi connectivity index (χ4v) is 5.07. The third kappa shape index (κ3) is 2.14. The number of imide groups is 2. The Labute approximate surface area is 175 Å². The molecule has 0 atom stereocenters. The summed E-state index contributed by atoms with van der Waals surface area (Å²) < 4.78 is 0. The summed E-state index contributed by atoms with van der Waals surface area (Å²) in [6, 6.07) is 14.9. The standard InChI is InChI=1S/C25H14N2O4/c1-11-2-3-12-14-5-8-17-22-18(25(31)27-24(17)30)9-6-15(21(14)22)13-4-7-16(19(11)20(12)13)23(29)26-10-28/h2-10H,1H3,(H,26,28,29)(H,27,30,31)/p+1. The molecule has 1 heterocycles. The Morgan fingerprint density at radius 3 is 1.84 bits per heavy atom. The highest BCUT2D eigenvalue weighted by atomic mass is 16.2. The normalized spacial score (nSPS) is 13.6. The van der Waals surface area contributed by atoms with E-state index in [1.165, 1.54) is 0 Å². The first kappa shape index (κ1) is 17.7. The zero-order valence-corrected chi connectivity index (χ0v) is 16.4. The number of benzene rings is 5. The van der Waals surface area contributed by atoms with Crippen LogP contribution in [0.5, 0.6) is 0 Å². The van der Waals surface area contributed by atoms with Gasteiger partial charge in [-0.1, -0.05) is 30.3 Å². The first-order valence-electron chi connectivity index (χ1n) is 9.86. The van der Waals surface area contributed by atoms with Gasteiger partial charge in [0, 0.05) is 10.9 Å². The Kier molecular flexibility index (Phi) is 3.38. The number of hydrogen-bond acceptors (Lipinski definition) is 4. The predicted octanol–water partition coefficient (Wildman–Crippen LogP) is 2.79. The van der Waals surface area contributed by atoms with Crippen LogP contribution < -0.4 is 10.6 Å². The van der Waals surface area contributed by atoms with E-state index < -0.39 is 5.91 Å². The van der Waals surface area contributed by atoms with Crippen molar-refractivity contribution in [1.29, 1.82) is 0 Å². The molecule has 6 rings (SSSR count). The van der Waals surface area contributed by atoms with E-state index in [0.29, 0.717) is 28.5 Å². The topological polar surface area (TPSA) is 96.9 Å². The number of quaternary nitrogens is 1. The lowest BCUT2D eigenvalue weighted by Gasteiger charge is -2.20. The summed E-state index contributed by atoms with van der Waals surface area (Å²) in [6.45, 7) is 1.93. The van der Waals surface area contributed by atoms with Crippen molar-refractivity contribution in [3.05, 3.63) is 70.8 Å².